The lowest BCUT2D eigenvalue weighted by molar-refractivity contribution is 0.0939. The number of hydrogen-bond acceptors (Lipinski definition) is 3. The van der Waals surface area contributed by atoms with Gasteiger partial charge >= 0.3 is 0 Å². The van der Waals surface area contributed by atoms with Crippen LogP contribution in [0.25, 0.3) is 0 Å². The van der Waals surface area contributed by atoms with E-state index in [1.165, 1.54) is 12.1 Å². The number of carbonyl (C=O) groups excluding carboxylic acids is 1. The van der Waals surface area contributed by atoms with Gasteiger partial charge < -0.3 is 5.73 Å². The van der Waals surface area contributed by atoms with Crippen LogP contribution >= 0.6 is 0 Å². The van der Waals surface area contributed by atoms with Gasteiger partial charge in [-0.25, -0.2) is 4.39 Å². The number of hydrogen-bond donors (Lipinski definition) is 1. The topological polar surface area (TPSA) is 46.3 Å². The Bertz CT molecular complexity index is 408. The number of benzene rings is 1. The molecule has 3 nitrogen and oxygen atoms in total. The molecule has 0 bridgehead atoms. The molecule has 1 saturated heterocycles. The van der Waals surface area contributed by atoms with E-state index in [9.17, 15) is 9.18 Å². The zero-order valence-electron chi connectivity index (χ0n) is 9.73. The van der Waals surface area contributed by atoms with Gasteiger partial charge in [0.15, 0.2) is 5.78 Å². The van der Waals surface area contributed by atoms with Crippen molar-refractivity contribution in [2.24, 2.45) is 11.7 Å². The van der Waals surface area contributed by atoms with Gasteiger partial charge in [-0.3, -0.25) is 9.69 Å². The molecule has 92 valence electrons. The Morgan fingerprint density at radius 2 is 2.24 bits per heavy atom. The average Bonchev–Trinajstić information content (AvgIpc) is 2.77. The molecule has 0 aromatic heterocycles. The van der Waals surface area contributed by atoms with Crippen LogP contribution < -0.4 is 5.73 Å². The first-order chi connectivity index (χ1) is 8.20. The zero-order chi connectivity index (χ0) is 12.3. The minimum Gasteiger partial charge on any atom is -0.330 e. The highest BCUT2D eigenvalue weighted by molar-refractivity contribution is 5.97. The molecule has 1 aliphatic rings. The molecule has 1 fully saturated rings. The van der Waals surface area contributed by atoms with Gasteiger partial charge in [0.1, 0.15) is 5.82 Å². The van der Waals surface area contributed by atoms with Crippen molar-refractivity contribution in [2.75, 3.05) is 26.2 Å². The molecule has 1 aromatic carbocycles. The zero-order valence-corrected chi connectivity index (χ0v) is 9.73. The molecular weight excluding hydrogens is 219 g/mol. The summed E-state index contributed by atoms with van der Waals surface area (Å²) in [6.45, 7) is 2.67. The van der Waals surface area contributed by atoms with Crippen molar-refractivity contribution in [1.82, 2.24) is 4.90 Å². The third-order valence-corrected chi connectivity index (χ3v) is 3.24. The number of halogens is 1. The fourth-order valence-electron chi connectivity index (χ4n) is 2.22. The van der Waals surface area contributed by atoms with Crippen molar-refractivity contribution in [3.05, 3.63) is 35.6 Å². The second-order valence-electron chi connectivity index (χ2n) is 4.53. The van der Waals surface area contributed by atoms with Crippen LogP contribution in [0, 0.1) is 11.7 Å². The van der Waals surface area contributed by atoms with Crippen LogP contribution in [0.15, 0.2) is 24.3 Å². The Hall–Kier alpha value is -1.26. The number of nitrogens with zero attached hydrogens (tertiary/aromatic N) is 1. The first kappa shape index (κ1) is 12.2. The van der Waals surface area contributed by atoms with E-state index in [0.29, 0.717) is 12.5 Å². The molecule has 4 heteroatoms. The Morgan fingerprint density at radius 3 is 2.88 bits per heavy atom. The maximum absolute atomic E-state index is 13.4. The standard InChI is InChI=1S/C13H17FN2O/c14-12-4-2-1-3-11(12)13(17)9-16-6-5-10(7-15)8-16/h1-4,10H,5-9,15H2. The third-order valence-electron chi connectivity index (χ3n) is 3.24. The molecule has 1 aromatic rings. The molecule has 1 aliphatic heterocycles. The highest BCUT2D eigenvalue weighted by atomic mass is 19.1. The lowest BCUT2D eigenvalue weighted by atomic mass is 10.1. The normalized spacial score (nSPS) is 20.7. The first-order valence-corrected chi connectivity index (χ1v) is 5.91. The van der Waals surface area contributed by atoms with Crippen molar-refractivity contribution in [3.63, 3.8) is 0 Å². The molecule has 1 heterocycles. The van der Waals surface area contributed by atoms with Crippen LogP contribution in [-0.2, 0) is 0 Å². The van der Waals surface area contributed by atoms with Gasteiger partial charge in [0, 0.05) is 6.54 Å². The summed E-state index contributed by atoms with van der Waals surface area (Å²) in [4.78, 5) is 14.0. The smallest absolute Gasteiger partial charge is 0.179 e. The largest absolute Gasteiger partial charge is 0.330 e. The quantitative estimate of drug-likeness (QED) is 0.801. The molecule has 1 unspecified atom stereocenters. The van der Waals surface area contributed by atoms with E-state index in [4.69, 9.17) is 5.73 Å². The number of carbonyl (C=O) groups is 1. The maximum atomic E-state index is 13.4. The van der Waals surface area contributed by atoms with Crippen molar-refractivity contribution in [2.45, 2.75) is 6.42 Å². The second kappa shape index (κ2) is 5.38. The number of likely N-dealkylation sites (tertiary alicyclic amines) is 1. The lowest BCUT2D eigenvalue weighted by Gasteiger charge is -2.14. The predicted octanol–water partition coefficient (Wildman–Crippen LogP) is 1.29. The number of rotatable bonds is 4. The lowest BCUT2D eigenvalue weighted by Crippen LogP contribution is -2.29. The van der Waals surface area contributed by atoms with Crippen molar-refractivity contribution in [1.29, 1.82) is 0 Å². The number of Topliss-reactive ketones (excluding diaryl/α,β-unsaturated/α-hetero) is 1. The van der Waals surface area contributed by atoms with Gasteiger partial charge in [0.2, 0.25) is 0 Å². The summed E-state index contributed by atoms with van der Waals surface area (Å²) in [5, 5.41) is 0. The molecule has 0 spiro atoms. The summed E-state index contributed by atoms with van der Waals surface area (Å²) in [5.74, 6) is -0.115. The monoisotopic (exact) mass is 236 g/mol. The van der Waals surface area contributed by atoms with Gasteiger partial charge in [-0.15, -0.1) is 0 Å². The van der Waals surface area contributed by atoms with E-state index in [1.54, 1.807) is 12.1 Å². The Kier molecular flexibility index (Phi) is 3.86. The van der Waals surface area contributed by atoms with E-state index in [1.807, 2.05) is 4.90 Å². The fourth-order valence-corrected chi connectivity index (χ4v) is 2.22. The van der Waals surface area contributed by atoms with Crippen LogP contribution in [0.4, 0.5) is 4.39 Å². The molecule has 17 heavy (non-hydrogen) atoms. The third kappa shape index (κ3) is 2.90. The SMILES string of the molecule is NCC1CCN(CC(=O)c2ccccc2F)C1. The molecule has 0 saturated carbocycles. The second-order valence-corrected chi connectivity index (χ2v) is 4.53. The van der Waals surface area contributed by atoms with Crippen molar-refractivity contribution >= 4 is 5.78 Å². The molecule has 0 amide bonds. The molecule has 2 N–H and O–H groups in total. The summed E-state index contributed by atoms with van der Waals surface area (Å²) in [6, 6.07) is 6.13. The van der Waals surface area contributed by atoms with E-state index >= 15 is 0 Å². The van der Waals surface area contributed by atoms with Crippen LogP contribution in [0.1, 0.15) is 16.8 Å². The van der Waals surface area contributed by atoms with Crippen molar-refractivity contribution < 1.29 is 9.18 Å². The minimum atomic E-state index is -0.438. The molecular formula is C13H17FN2O. The Labute approximate surface area is 100 Å². The summed E-state index contributed by atoms with van der Waals surface area (Å²) in [5.41, 5.74) is 5.77. The van der Waals surface area contributed by atoms with Crippen LogP contribution in [0.3, 0.4) is 0 Å². The highest BCUT2D eigenvalue weighted by Gasteiger charge is 2.23. The molecule has 1 atom stereocenters. The summed E-state index contributed by atoms with van der Waals surface area (Å²) >= 11 is 0. The van der Waals surface area contributed by atoms with E-state index in [2.05, 4.69) is 0 Å². The fraction of sp³-hybridized carbons (Fsp3) is 0.462. The molecule has 0 aliphatic carbocycles. The van der Waals surface area contributed by atoms with Gasteiger partial charge in [0.05, 0.1) is 12.1 Å². The minimum absolute atomic E-state index is 0.152. The van der Waals surface area contributed by atoms with E-state index < -0.39 is 5.82 Å². The van der Waals surface area contributed by atoms with Crippen LogP contribution in [0.5, 0.6) is 0 Å². The molecule has 0 radical (unpaired) electrons. The molecule has 2 rings (SSSR count). The average molecular weight is 236 g/mol. The Balaban J connectivity index is 1.96. The summed E-state index contributed by atoms with van der Waals surface area (Å²) in [7, 11) is 0. The van der Waals surface area contributed by atoms with E-state index in [-0.39, 0.29) is 17.9 Å². The number of ketones is 1. The van der Waals surface area contributed by atoms with Crippen molar-refractivity contribution in [3.8, 4) is 0 Å². The first-order valence-electron chi connectivity index (χ1n) is 5.91. The summed E-state index contributed by atoms with van der Waals surface area (Å²) < 4.78 is 13.4. The van der Waals surface area contributed by atoms with Gasteiger partial charge in [0.25, 0.3) is 0 Å². The highest BCUT2D eigenvalue weighted by Crippen LogP contribution is 2.16. The van der Waals surface area contributed by atoms with Crippen LogP contribution in [-0.4, -0.2) is 36.9 Å². The summed E-state index contributed by atoms with van der Waals surface area (Å²) in [6.07, 6.45) is 1.03. The van der Waals surface area contributed by atoms with Gasteiger partial charge in [-0.05, 0) is 37.6 Å². The van der Waals surface area contributed by atoms with E-state index in [0.717, 1.165) is 19.5 Å². The predicted molar refractivity (Wildman–Crippen MR) is 64.3 cm³/mol. The Morgan fingerprint density at radius 1 is 1.47 bits per heavy atom. The van der Waals surface area contributed by atoms with Crippen LogP contribution in [0.2, 0.25) is 0 Å². The number of nitrogens with two attached hydrogens (primary N) is 1. The van der Waals surface area contributed by atoms with Gasteiger partial charge in [-0.2, -0.15) is 0 Å². The maximum Gasteiger partial charge on any atom is 0.179 e. The van der Waals surface area contributed by atoms with Gasteiger partial charge in [-0.1, -0.05) is 12.1 Å².